The molecule has 3 heterocycles. The zero-order valence-corrected chi connectivity index (χ0v) is 14.3. The normalized spacial score (nSPS) is 13.8. The molecule has 3 aromatic rings. The van der Waals surface area contributed by atoms with Gasteiger partial charge in [0.2, 0.25) is 0 Å². The van der Waals surface area contributed by atoms with Crippen molar-refractivity contribution >= 4 is 0 Å². The summed E-state index contributed by atoms with van der Waals surface area (Å²) in [6.45, 7) is 2.93. The predicted octanol–water partition coefficient (Wildman–Crippen LogP) is 4.81. The van der Waals surface area contributed by atoms with Gasteiger partial charge in [-0.1, -0.05) is 18.2 Å². The summed E-state index contributed by atoms with van der Waals surface area (Å²) in [5.41, 5.74) is 5.38. The van der Waals surface area contributed by atoms with E-state index < -0.39 is 11.7 Å². The van der Waals surface area contributed by atoms with Gasteiger partial charge in [0.05, 0.1) is 17.0 Å². The number of halogens is 3. The lowest BCUT2D eigenvalue weighted by Gasteiger charge is -2.11. The zero-order chi connectivity index (χ0) is 18.3. The largest absolute Gasteiger partial charge is 0.416 e. The molecule has 2 aromatic heterocycles. The van der Waals surface area contributed by atoms with Gasteiger partial charge in [0, 0.05) is 36.0 Å². The number of pyridine rings is 1. The molecular weight excluding hydrogens is 339 g/mol. The lowest BCUT2D eigenvalue weighted by atomic mass is 9.96. The maximum Gasteiger partial charge on any atom is 0.416 e. The third kappa shape index (κ3) is 3.00. The summed E-state index contributed by atoms with van der Waals surface area (Å²) < 4.78 is 40.3. The van der Waals surface area contributed by atoms with Gasteiger partial charge in [0.15, 0.2) is 0 Å². The minimum atomic E-state index is -4.31. The lowest BCUT2D eigenvalue weighted by Crippen LogP contribution is -2.05. The molecule has 0 fully saturated rings. The molecule has 134 valence electrons. The highest BCUT2D eigenvalue weighted by Crippen LogP contribution is 2.34. The van der Waals surface area contributed by atoms with E-state index in [-0.39, 0.29) is 0 Å². The second-order valence-corrected chi connectivity index (χ2v) is 6.60. The van der Waals surface area contributed by atoms with Gasteiger partial charge in [0.25, 0.3) is 0 Å². The molecule has 0 bridgehead atoms. The summed E-state index contributed by atoms with van der Waals surface area (Å²) in [5.74, 6) is 0. The molecule has 1 aliphatic rings. The fraction of sp³-hybridized carbons (Fsp3) is 0.300. The molecule has 0 aliphatic carbocycles. The molecule has 26 heavy (non-hydrogen) atoms. The smallest absolute Gasteiger partial charge is 0.269 e. The lowest BCUT2D eigenvalue weighted by molar-refractivity contribution is -0.137. The van der Waals surface area contributed by atoms with Crippen molar-refractivity contribution in [3.05, 3.63) is 70.8 Å². The van der Waals surface area contributed by atoms with Crippen LogP contribution < -0.4 is 0 Å². The molecule has 0 atom stereocenters. The van der Waals surface area contributed by atoms with E-state index in [1.165, 1.54) is 17.8 Å². The first-order valence-electron chi connectivity index (χ1n) is 8.60. The minimum Gasteiger partial charge on any atom is -0.269 e. The maximum atomic E-state index is 12.7. The van der Waals surface area contributed by atoms with E-state index >= 15 is 0 Å². The number of aromatic nitrogens is 3. The Morgan fingerprint density at radius 1 is 1.12 bits per heavy atom. The summed E-state index contributed by atoms with van der Waals surface area (Å²) in [6, 6.07) is 9.22. The second-order valence-electron chi connectivity index (χ2n) is 6.60. The Morgan fingerprint density at radius 3 is 2.62 bits per heavy atom. The number of alkyl halides is 3. The molecule has 1 aliphatic heterocycles. The van der Waals surface area contributed by atoms with E-state index in [1.807, 2.05) is 19.1 Å². The van der Waals surface area contributed by atoms with Crippen molar-refractivity contribution in [2.45, 2.75) is 38.9 Å². The van der Waals surface area contributed by atoms with Crippen LogP contribution in [0.15, 0.2) is 42.6 Å². The van der Waals surface area contributed by atoms with Gasteiger partial charge in [-0.2, -0.15) is 18.3 Å². The predicted molar refractivity (Wildman–Crippen MR) is 92.8 cm³/mol. The van der Waals surface area contributed by atoms with Crippen molar-refractivity contribution in [1.82, 2.24) is 14.8 Å². The Bertz CT molecular complexity index is 940. The molecule has 0 saturated heterocycles. The van der Waals surface area contributed by atoms with Crippen molar-refractivity contribution in [3.63, 3.8) is 0 Å². The molecule has 6 heteroatoms. The Balaban J connectivity index is 1.69. The van der Waals surface area contributed by atoms with E-state index in [9.17, 15) is 13.2 Å². The first-order valence-corrected chi connectivity index (χ1v) is 8.60. The minimum absolute atomic E-state index is 0.484. The molecule has 0 unspecified atom stereocenters. The number of hydrogen-bond acceptors (Lipinski definition) is 2. The van der Waals surface area contributed by atoms with Gasteiger partial charge < -0.3 is 0 Å². The quantitative estimate of drug-likeness (QED) is 0.673. The van der Waals surface area contributed by atoms with Gasteiger partial charge in [-0.25, -0.2) is 0 Å². The Kier molecular flexibility index (Phi) is 4.05. The summed E-state index contributed by atoms with van der Waals surface area (Å²) in [5, 5.41) is 4.62. The van der Waals surface area contributed by atoms with Crippen LogP contribution in [0.2, 0.25) is 0 Å². The molecule has 3 nitrogen and oxygen atoms in total. The van der Waals surface area contributed by atoms with Crippen molar-refractivity contribution in [1.29, 1.82) is 0 Å². The number of fused-ring (bicyclic) bond motifs is 1. The zero-order valence-electron chi connectivity index (χ0n) is 14.3. The highest BCUT2D eigenvalue weighted by molar-refractivity contribution is 5.71. The van der Waals surface area contributed by atoms with E-state index in [1.54, 1.807) is 6.20 Å². The third-order valence-electron chi connectivity index (χ3n) is 4.83. The summed E-state index contributed by atoms with van der Waals surface area (Å²) in [6.07, 6.45) is -0.0280. The number of hydrogen-bond donors (Lipinski definition) is 0. The Hall–Kier alpha value is -2.63. The molecule has 0 saturated carbocycles. The molecule has 0 radical (unpaired) electrons. The Labute approximate surface area is 149 Å². The SMILES string of the molecule is Cc1nn2c(c1-c1cccnc1Cc1ccc(C(F)(F)F)cc1)CCC2. The average Bonchev–Trinajstić information content (AvgIpc) is 3.15. The van der Waals surface area contributed by atoms with E-state index in [0.29, 0.717) is 6.42 Å². The first kappa shape index (κ1) is 16.8. The molecule has 0 N–H and O–H groups in total. The fourth-order valence-electron chi connectivity index (χ4n) is 3.63. The van der Waals surface area contributed by atoms with Gasteiger partial charge in [-0.15, -0.1) is 0 Å². The topological polar surface area (TPSA) is 30.7 Å². The van der Waals surface area contributed by atoms with Gasteiger partial charge in [-0.3, -0.25) is 9.67 Å². The number of nitrogens with zero attached hydrogens (tertiary/aromatic N) is 3. The fourth-order valence-corrected chi connectivity index (χ4v) is 3.63. The van der Waals surface area contributed by atoms with Crippen molar-refractivity contribution in [3.8, 4) is 11.1 Å². The van der Waals surface area contributed by atoms with Crippen LogP contribution in [0.1, 0.15) is 34.6 Å². The van der Waals surface area contributed by atoms with Gasteiger partial charge >= 0.3 is 6.18 Å². The van der Waals surface area contributed by atoms with Crippen molar-refractivity contribution < 1.29 is 13.2 Å². The van der Waals surface area contributed by atoms with E-state index in [4.69, 9.17) is 0 Å². The number of aryl methyl sites for hydroxylation is 2. The van der Waals surface area contributed by atoms with Gasteiger partial charge in [-0.05, 0) is 43.5 Å². The van der Waals surface area contributed by atoms with Crippen LogP contribution >= 0.6 is 0 Å². The second kappa shape index (κ2) is 6.27. The summed E-state index contributed by atoms with van der Waals surface area (Å²) in [7, 11) is 0. The first-order chi connectivity index (χ1) is 12.4. The van der Waals surface area contributed by atoms with Crippen molar-refractivity contribution in [2.75, 3.05) is 0 Å². The molecule has 1 aromatic carbocycles. The number of benzene rings is 1. The average molecular weight is 357 g/mol. The van der Waals surface area contributed by atoms with Gasteiger partial charge in [0.1, 0.15) is 0 Å². The van der Waals surface area contributed by atoms with Crippen LogP contribution in [-0.4, -0.2) is 14.8 Å². The van der Waals surface area contributed by atoms with Crippen molar-refractivity contribution in [2.24, 2.45) is 0 Å². The molecular formula is C20H18F3N3. The van der Waals surface area contributed by atoms with Crippen LogP contribution in [0.25, 0.3) is 11.1 Å². The summed E-state index contributed by atoms with van der Waals surface area (Å²) >= 11 is 0. The van der Waals surface area contributed by atoms with Crippen LogP contribution in [-0.2, 0) is 25.6 Å². The Morgan fingerprint density at radius 2 is 1.88 bits per heavy atom. The van der Waals surface area contributed by atoms with Crippen LogP contribution in [0, 0.1) is 6.92 Å². The van der Waals surface area contributed by atoms with Crippen LogP contribution in [0.4, 0.5) is 13.2 Å². The monoisotopic (exact) mass is 357 g/mol. The van der Waals surface area contributed by atoms with Crippen LogP contribution in [0.5, 0.6) is 0 Å². The molecule has 4 rings (SSSR count). The third-order valence-corrected chi connectivity index (χ3v) is 4.83. The van der Waals surface area contributed by atoms with E-state index in [0.717, 1.165) is 59.6 Å². The molecule has 0 amide bonds. The number of rotatable bonds is 3. The molecule has 0 spiro atoms. The highest BCUT2D eigenvalue weighted by Gasteiger charge is 2.30. The highest BCUT2D eigenvalue weighted by atomic mass is 19.4. The maximum absolute atomic E-state index is 12.7. The summed E-state index contributed by atoms with van der Waals surface area (Å²) in [4.78, 5) is 4.51. The standard InChI is InChI=1S/C20H18F3N3/c1-13-19(18-5-3-11-26(18)25-13)16-4-2-10-24-17(16)12-14-6-8-15(9-7-14)20(21,22)23/h2,4,6-10H,3,5,11-12H2,1H3. The van der Waals surface area contributed by atoms with Crippen LogP contribution in [0.3, 0.4) is 0 Å². The van der Waals surface area contributed by atoms with E-state index in [2.05, 4.69) is 14.8 Å².